The molecule has 0 aromatic carbocycles. The highest BCUT2D eigenvalue weighted by atomic mass is 19.3. The molecule has 1 aliphatic heterocycles. The van der Waals surface area contributed by atoms with Gasteiger partial charge in [-0.05, 0) is 5.92 Å². The van der Waals surface area contributed by atoms with Gasteiger partial charge in [0.1, 0.15) is 12.1 Å². The average Bonchev–Trinajstić information content (AvgIpc) is 2.37. The Morgan fingerprint density at radius 1 is 1.05 bits per heavy atom. The second-order valence-corrected chi connectivity index (χ2v) is 4.63. The van der Waals surface area contributed by atoms with E-state index in [1.807, 2.05) is 13.8 Å². The summed E-state index contributed by atoms with van der Waals surface area (Å²) in [6.07, 6.45) is -5.77. The lowest BCUT2D eigenvalue weighted by Gasteiger charge is -2.27. The molecule has 0 radical (unpaired) electrons. The Labute approximate surface area is 110 Å². The minimum atomic E-state index is -3.04. The molecule has 0 fully saturated rings. The van der Waals surface area contributed by atoms with Gasteiger partial charge in [0.05, 0.1) is 14.2 Å². The highest BCUT2D eigenvalue weighted by Crippen LogP contribution is 2.22. The minimum absolute atomic E-state index is 0.112. The van der Waals surface area contributed by atoms with Crippen molar-refractivity contribution in [1.29, 1.82) is 0 Å². The summed E-state index contributed by atoms with van der Waals surface area (Å²) in [6.45, 7) is 3.85. The lowest BCUT2D eigenvalue weighted by atomic mass is 10.0. The number of alkyl halides is 3. The fourth-order valence-electron chi connectivity index (χ4n) is 1.83. The molecule has 19 heavy (non-hydrogen) atoms. The standard InChI is InChI=1S/C12H19F3N2O2/c1-6(2)9-12(19-4)16-8(11(17-9)18-3)5-7(13)10(14)15/h6-10H,5H2,1-4H3. The van der Waals surface area contributed by atoms with E-state index < -0.39 is 25.1 Å². The summed E-state index contributed by atoms with van der Waals surface area (Å²) in [5.74, 6) is 0.603. The Balaban J connectivity index is 2.92. The summed E-state index contributed by atoms with van der Waals surface area (Å²) < 4.78 is 47.8. The number of methoxy groups -OCH3 is 2. The minimum Gasteiger partial charge on any atom is -0.483 e. The first-order valence-corrected chi connectivity index (χ1v) is 6.06. The van der Waals surface area contributed by atoms with Gasteiger partial charge in [0.2, 0.25) is 11.8 Å². The highest BCUT2D eigenvalue weighted by Gasteiger charge is 2.34. The molecule has 0 aliphatic carbocycles. The van der Waals surface area contributed by atoms with Crippen molar-refractivity contribution in [1.82, 2.24) is 0 Å². The molecule has 4 nitrogen and oxygen atoms in total. The number of nitrogens with zero attached hydrogens (tertiary/aromatic N) is 2. The molecule has 110 valence electrons. The van der Waals surface area contributed by atoms with Gasteiger partial charge in [-0.1, -0.05) is 13.8 Å². The SMILES string of the molecule is COC1=NC(C(C)C)C(OC)=NC1CC(F)C(F)F. The molecule has 1 rings (SSSR count). The van der Waals surface area contributed by atoms with E-state index in [0.717, 1.165) is 0 Å². The Hall–Kier alpha value is -1.27. The van der Waals surface area contributed by atoms with Crippen molar-refractivity contribution in [3.05, 3.63) is 0 Å². The fourth-order valence-corrected chi connectivity index (χ4v) is 1.83. The van der Waals surface area contributed by atoms with E-state index in [-0.39, 0.29) is 17.9 Å². The summed E-state index contributed by atoms with van der Waals surface area (Å²) in [5.41, 5.74) is 0. The first kappa shape index (κ1) is 15.8. The lowest BCUT2D eigenvalue weighted by Crippen LogP contribution is -2.39. The fraction of sp³-hybridized carbons (Fsp3) is 0.833. The van der Waals surface area contributed by atoms with Crippen LogP contribution in [-0.4, -0.2) is 50.7 Å². The van der Waals surface area contributed by atoms with Gasteiger partial charge in [-0.25, -0.2) is 23.2 Å². The smallest absolute Gasteiger partial charge is 0.269 e. The van der Waals surface area contributed by atoms with Gasteiger partial charge in [-0.3, -0.25) is 0 Å². The van der Waals surface area contributed by atoms with E-state index in [1.165, 1.54) is 14.2 Å². The molecule has 3 atom stereocenters. The number of rotatable bonds is 4. The molecule has 0 saturated heterocycles. The van der Waals surface area contributed by atoms with Crippen molar-refractivity contribution >= 4 is 11.8 Å². The van der Waals surface area contributed by atoms with Crippen molar-refractivity contribution in [3.8, 4) is 0 Å². The lowest BCUT2D eigenvalue weighted by molar-refractivity contribution is 0.0436. The van der Waals surface area contributed by atoms with Crippen LogP contribution >= 0.6 is 0 Å². The second kappa shape index (κ2) is 6.77. The average molecular weight is 280 g/mol. The molecular weight excluding hydrogens is 261 g/mol. The van der Waals surface area contributed by atoms with Crippen molar-refractivity contribution < 1.29 is 22.6 Å². The van der Waals surface area contributed by atoms with E-state index in [1.54, 1.807) is 0 Å². The molecule has 3 unspecified atom stereocenters. The van der Waals surface area contributed by atoms with Gasteiger partial charge in [0, 0.05) is 6.42 Å². The van der Waals surface area contributed by atoms with Crippen LogP contribution in [0.2, 0.25) is 0 Å². The van der Waals surface area contributed by atoms with Crippen LogP contribution in [0.3, 0.4) is 0 Å². The van der Waals surface area contributed by atoms with Gasteiger partial charge in [0.15, 0.2) is 6.17 Å². The van der Waals surface area contributed by atoms with E-state index in [0.29, 0.717) is 5.90 Å². The van der Waals surface area contributed by atoms with Gasteiger partial charge in [0.25, 0.3) is 6.43 Å². The summed E-state index contributed by atoms with van der Waals surface area (Å²) in [6, 6.07) is -1.19. The molecular formula is C12H19F3N2O2. The molecule has 0 N–H and O–H groups in total. The van der Waals surface area contributed by atoms with Crippen LogP contribution in [0.4, 0.5) is 13.2 Å². The van der Waals surface area contributed by atoms with Crippen LogP contribution < -0.4 is 0 Å². The molecule has 0 spiro atoms. The predicted molar refractivity (Wildman–Crippen MR) is 66.8 cm³/mol. The predicted octanol–water partition coefficient (Wildman–Crippen LogP) is 2.48. The molecule has 1 heterocycles. The zero-order valence-corrected chi connectivity index (χ0v) is 11.4. The largest absolute Gasteiger partial charge is 0.483 e. The molecule has 1 aliphatic rings. The molecule has 0 amide bonds. The zero-order valence-electron chi connectivity index (χ0n) is 11.4. The van der Waals surface area contributed by atoms with E-state index in [2.05, 4.69) is 9.98 Å². The van der Waals surface area contributed by atoms with Crippen molar-refractivity contribution in [2.24, 2.45) is 15.9 Å². The molecule has 0 saturated carbocycles. The maximum Gasteiger partial charge on any atom is 0.269 e. The van der Waals surface area contributed by atoms with Crippen LogP contribution in [-0.2, 0) is 9.47 Å². The topological polar surface area (TPSA) is 43.2 Å². The first-order valence-electron chi connectivity index (χ1n) is 6.06. The van der Waals surface area contributed by atoms with Crippen LogP contribution in [0.25, 0.3) is 0 Å². The maximum absolute atomic E-state index is 13.1. The summed E-state index contributed by atoms with van der Waals surface area (Å²) in [5, 5.41) is 0. The van der Waals surface area contributed by atoms with Crippen molar-refractivity contribution in [2.75, 3.05) is 14.2 Å². The molecule has 0 aromatic heterocycles. The zero-order chi connectivity index (χ0) is 14.6. The maximum atomic E-state index is 13.1. The number of halogens is 3. The molecule has 0 bridgehead atoms. The van der Waals surface area contributed by atoms with E-state index >= 15 is 0 Å². The van der Waals surface area contributed by atoms with Crippen molar-refractivity contribution in [3.63, 3.8) is 0 Å². The van der Waals surface area contributed by atoms with Gasteiger partial charge >= 0.3 is 0 Å². The van der Waals surface area contributed by atoms with Crippen LogP contribution in [0, 0.1) is 5.92 Å². The summed E-state index contributed by atoms with van der Waals surface area (Å²) >= 11 is 0. The van der Waals surface area contributed by atoms with E-state index in [4.69, 9.17) is 9.47 Å². The van der Waals surface area contributed by atoms with Crippen LogP contribution in [0.5, 0.6) is 0 Å². The van der Waals surface area contributed by atoms with Gasteiger partial charge in [-0.2, -0.15) is 0 Å². The van der Waals surface area contributed by atoms with Gasteiger partial charge in [-0.15, -0.1) is 0 Å². The number of hydrogen-bond donors (Lipinski definition) is 0. The number of ether oxygens (including phenoxy) is 2. The van der Waals surface area contributed by atoms with E-state index in [9.17, 15) is 13.2 Å². The number of aliphatic imine (C=N–C) groups is 2. The third-order valence-corrected chi connectivity index (χ3v) is 2.86. The number of hydrogen-bond acceptors (Lipinski definition) is 4. The Bertz CT molecular complexity index is 359. The second-order valence-electron chi connectivity index (χ2n) is 4.63. The van der Waals surface area contributed by atoms with Crippen molar-refractivity contribution in [2.45, 2.75) is 44.9 Å². The summed E-state index contributed by atoms with van der Waals surface area (Å²) in [7, 11) is 2.80. The summed E-state index contributed by atoms with van der Waals surface area (Å²) in [4.78, 5) is 8.42. The monoisotopic (exact) mass is 280 g/mol. The third-order valence-electron chi connectivity index (χ3n) is 2.86. The normalized spacial score (nSPS) is 25.1. The van der Waals surface area contributed by atoms with Crippen LogP contribution in [0.1, 0.15) is 20.3 Å². The van der Waals surface area contributed by atoms with Crippen LogP contribution in [0.15, 0.2) is 9.98 Å². The quantitative estimate of drug-likeness (QED) is 0.794. The third kappa shape index (κ3) is 3.84. The first-order chi connectivity index (χ1) is 8.90. The Morgan fingerprint density at radius 2 is 1.63 bits per heavy atom. The highest BCUT2D eigenvalue weighted by molar-refractivity contribution is 5.94. The Morgan fingerprint density at radius 3 is 2.05 bits per heavy atom. The molecule has 7 heteroatoms. The molecule has 0 aromatic rings. The Kier molecular flexibility index (Phi) is 5.62. The van der Waals surface area contributed by atoms with Gasteiger partial charge < -0.3 is 9.47 Å².